The number of nitrogens with one attached hydrogen (secondary N) is 1. The van der Waals surface area contributed by atoms with E-state index in [1.807, 2.05) is 44.2 Å². The number of rotatable bonds is 4. The number of carbonyl (C=O) groups excluding carboxylic acids is 1. The third-order valence-corrected chi connectivity index (χ3v) is 4.44. The standard InChI is InChI=1S/C19H18ClN3O2/c1-12(15-8-5-6-10-17(15)20)21-18(24)11-23-19(25)16-9-4-3-7-14(16)13(2)22-23/h3-10,12H,11H2,1-2H3,(H,21,24). The van der Waals surface area contributed by atoms with Crippen LogP contribution < -0.4 is 10.9 Å². The molecule has 1 amide bonds. The molecule has 1 atom stereocenters. The Morgan fingerprint density at radius 3 is 2.52 bits per heavy atom. The molecule has 25 heavy (non-hydrogen) atoms. The van der Waals surface area contributed by atoms with Crippen LogP contribution in [0.1, 0.15) is 24.2 Å². The molecule has 1 unspecified atom stereocenters. The third-order valence-electron chi connectivity index (χ3n) is 4.10. The highest BCUT2D eigenvalue weighted by atomic mass is 35.5. The van der Waals surface area contributed by atoms with Crippen LogP contribution in [0.4, 0.5) is 0 Å². The second-order valence-corrected chi connectivity index (χ2v) is 6.31. The van der Waals surface area contributed by atoms with Crippen LogP contribution in [0.3, 0.4) is 0 Å². The molecule has 5 nitrogen and oxygen atoms in total. The van der Waals surface area contributed by atoms with Crippen LogP contribution in [0.25, 0.3) is 10.8 Å². The van der Waals surface area contributed by atoms with Gasteiger partial charge < -0.3 is 5.32 Å². The molecule has 0 saturated carbocycles. The summed E-state index contributed by atoms with van der Waals surface area (Å²) in [4.78, 5) is 24.9. The predicted molar refractivity (Wildman–Crippen MR) is 98.7 cm³/mol. The molecule has 0 spiro atoms. The summed E-state index contributed by atoms with van der Waals surface area (Å²) in [6, 6.07) is 14.3. The number of amides is 1. The van der Waals surface area contributed by atoms with Gasteiger partial charge in [0.05, 0.1) is 17.1 Å². The van der Waals surface area contributed by atoms with Crippen molar-refractivity contribution in [2.75, 3.05) is 0 Å². The Bertz CT molecular complexity index is 997. The van der Waals surface area contributed by atoms with Crippen LogP contribution in [0.2, 0.25) is 5.02 Å². The molecule has 3 aromatic rings. The lowest BCUT2D eigenvalue weighted by molar-refractivity contribution is -0.122. The van der Waals surface area contributed by atoms with Crippen molar-refractivity contribution >= 4 is 28.3 Å². The first-order chi connectivity index (χ1) is 12.0. The molecule has 0 saturated heterocycles. The first-order valence-corrected chi connectivity index (χ1v) is 8.35. The van der Waals surface area contributed by atoms with E-state index in [2.05, 4.69) is 10.4 Å². The summed E-state index contributed by atoms with van der Waals surface area (Å²) in [7, 11) is 0. The van der Waals surface area contributed by atoms with E-state index < -0.39 is 0 Å². The van der Waals surface area contributed by atoms with Gasteiger partial charge in [-0.1, -0.05) is 48.0 Å². The van der Waals surface area contributed by atoms with Gasteiger partial charge in [-0.15, -0.1) is 0 Å². The van der Waals surface area contributed by atoms with E-state index in [9.17, 15) is 9.59 Å². The summed E-state index contributed by atoms with van der Waals surface area (Å²) < 4.78 is 1.20. The number of halogens is 1. The predicted octanol–water partition coefficient (Wildman–Crippen LogP) is 3.24. The Kier molecular flexibility index (Phi) is 4.86. The number of hydrogen-bond acceptors (Lipinski definition) is 3. The first-order valence-electron chi connectivity index (χ1n) is 7.97. The Balaban J connectivity index is 1.82. The van der Waals surface area contributed by atoms with Crippen LogP contribution in [0.5, 0.6) is 0 Å². The lowest BCUT2D eigenvalue weighted by atomic mass is 10.1. The monoisotopic (exact) mass is 355 g/mol. The van der Waals surface area contributed by atoms with E-state index in [-0.39, 0.29) is 24.1 Å². The van der Waals surface area contributed by atoms with Crippen molar-refractivity contribution in [2.24, 2.45) is 0 Å². The van der Waals surface area contributed by atoms with Gasteiger partial charge in [-0.25, -0.2) is 4.68 Å². The molecule has 0 bridgehead atoms. The number of carbonyl (C=O) groups is 1. The SMILES string of the molecule is Cc1nn(CC(=O)NC(C)c2ccccc2Cl)c(=O)c2ccccc12. The van der Waals surface area contributed by atoms with Crippen molar-refractivity contribution in [3.63, 3.8) is 0 Å². The maximum atomic E-state index is 12.5. The first kappa shape index (κ1) is 17.2. The van der Waals surface area contributed by atoms with Gasteiger partial charge in [-0.3, -0.25) is 9.59 Å². The molecule has 1 N–H and O–H groups in total. The van der Waals surface area contributed by atoms with Crippen LogP contribution in [0.15, 0.2) is 53.3 Å². The summed E-state index contributed by atoms with van der Waals surface area (Å²) in [6.07, 6.45) is 0. The molecular weight excluding hydrogens is 338 g/mol. The topological polar surface area (TPSA) is 64.0 Å². The minimum Gasteiger partial charge on any atom is -0.348 e. The highest BCUT2D eigenvalue weighted by Crippen LogP contribution is 2.22. The fourth-order valence-corrected chi connectivity index (χ4v) is 3.14. The number of aryl methyl sites for hydroxylation is 1. The van der Waals surface area contributed by atoms with Crippen molar-refractivity contribution in [1.29, 1.82) is 0 Å². The third kappa shape index (κ3) is 3.56. The largest absolute Gasteiger partial charge is 0.348 e. The summed E-state index contributed by atoms with van der Waals surface area (Å²) in [5, 5.41) is 9.06. The summed E-state index contributed by atoms with van der Waals surface area (Å²) in [5.41, 5.74) is 1.26. The van der Waals surface area contributed by atoms with E-state index >= 15 is 0 Å². The molecule has 0 aliphatic heterocycles. The van der Waals surface area contributed by atoms with E-state index in [0.717, 1.165) is 10.9 Å². The van der Waals surface area contributed by atoms with Gasteiger partial charge in [0.2, 0.25) is 5.91 Å². The molecule has 128 valence electrons. The van der Waals surface area contributed by atoms with Gasteiger partial charge in [-0.2, -0.15) is 5.10 Å². The van der Waals surface area contributed by atoms with Crippen molar-refractivity contribution in [1.82, 2.24) is 15.1 Å². The van der Waals surface area contributed by atoms with Gasteiger partial charge in [0, 0.05) is 10.4 Å². The molecular formula is C19H18ClN3O2. The average Bonchev–Trinajstić information content (AvgIpc) is 2.59. The molecule has 0 radical (unpaired) electrons. The Hall–Kier alpha value is -2.66. The lowest BCUT2D eigenvalue weighted by Gasteiger charge is -2.16. The smallest absolute Gasteiger partial charge is 0.275 e. The van der Waals surface area contributed by atoms with Crippen molar-refractivity contribution < 1.29 is 4.79 Å². The number of aromatic nitrogens is 2. The van der Waals surface area contributed by atoms with E-state index in [1.54, 1.807) is 18.2 Å². The van der Waals surface area contributed by atoms with E-state index in [4.69, 9.17) is 11.6 Å². The highest BCUT2D eigenvalue weighted by Gasteiger charge is 2.15. The Morgan fingerprint density at radius 2 is 1.80 bits per heavy atom. The quantitative estimate of drug-likeness (QED) is 0.781. The average molecular weight is 356 g/mol. The fraction of sp³-hybridized carbons (Fsp3) is 0.211. The summed E-state index contributed by atoms with van der Waals surface area (Å²) in [6.45, 7) is 3.53. The Morgan fingerprint density at radius 1 is 1.16 bits per heavy atom. The number of hydrogen-bond donors (Lipinski definition) is 1. The van der Waals surface area contributed by atoms with Crippen LogP contribution in [0, 0.1) is 6.92 Å². The maximum Gasteiger partial charge on any atom is 0.275 e. The van der Waals surface area contributed by atoms with Crippen LogP contribution in [-0.4, -0.2) is 15.7 Å². The fourth-order valence-electron chi connectivity index (χ4n) is 2.84. The van der Waals surface area contributed by atoms with Crippen molar-refractivity contribution in [2.45, 2.75) is 26.4 Å². The normalized spacial score (nSPS) is 12.1. The van der Waals surface area contributed by atoms with Gasteiger partial charge in [0.1, 0.15) is 6.54 Å². The molecule has 0 aliphatic rings. The minimum atomic E-state index is -0.295. The number of nitrogens with zero attached hydrogens (tertiary/aromatic N) is 2. The zero-order valence-corrected chi connectivity index (χ0v) is 14.7. The summed E-state index contributed by atoms with van der Waals surface area (Å²) in [5.74, 6) is -0.295. The molecule has 1 aromatic heterocycles. The van der Waals surface area contributed by atoms with E-state index in [1.165, 1.54) is 4.68 Å². The molecule has 1 heterocycles. The van der Waals surface area contributed by atoms with Crippen LogP contribution >= 0.6 is 11.6 Å². The lowest BCUT2D eigenvalue weighted by Crippen LogP contribution is -2.35. The maximum absolute atomic E-state index is 12.5. The van der Waals surface area contributed by atoms with Gasteiger partial charge in [0.25, 0.3) is 5.56 Å². The molecule has 0 fully saturated rings. The summed E-state index contributed by atoms with van der Waals surface area (Å²) >= 11 is 6.16. The highest BCUT2D eigenvalue weighted by molar-refractivity contribution is 6.31. The second-order valence-electron chi connectivity index (χ2n) is 5.90. The molecule has 6 heteroatoms. The molecule has 0 aliphatic carbocycles. The minimum absolute atomic E-state index is 0.140. The Labute approximate surface area is 150 Å². The molecule has 3 rings (SSSR count). The van der Waals surface area contributed by atoms with Gasteiger partial charge in [0.15, 0.2) is 0 Å². The van der Waals surface area contributed by atoms with Crippen molar-refractivity contribution in [3.05, 3.63) is 75.2 Å². The zero-order valence-electron chi connectivity index (χ0n) is 14.0. The van der Waals surface area contributed by atoms with Gasteiger partial charge in [-0.05, 0) is 31.5 Å². The van der Waals surface area contributed by atoms with Crippen LogP contribution in [-0.2, 0) is 11.3 Å². The van der Waals surface area contributed by atoms with E-state index in [0.29, 0.717) is 16.1 Å². The zero-order chi connectivity index (χ0) is 18.0. The van der Waals surface area contributed by atoms with Gasteiger partial charge >= 0.3 is 0 Å². The second kappa shape index (κ2) is 7.07. The number of benzene rings is 2. The molecule has 2 aromatic carbocycles. The number of fused-ring (bicyclic) bond motifs is 1. The van der Waals surface area contributed by atoms with Crippen molar-refractivity contribution in [3.8, 4) is 0 Å².